The summed E-state index contributed by atoms with van der Waals surface area (Å²) in [5.74, 6) is 0.145. The molecule has 2 fully saturated rings. The van der Waals surface area contributed by atoms with Crippen molar-refractivity contribution in [1.82, 2.24) is 4.90 Å². The molecule has 0 unspecified atom stereocenters. The van der Waals surface area contributed by atoms with Crippen LogP contribution in [0.3, 0.4) is 0 Å². The third-order valence-corrected chi connectivity index (χ3v) is 7.08. The normalized spacial score (nSPS) is 32.5. The van der Waals surface area contributed by atoms with Crippen molar-refractivity contribution in [3.8, 4) is 0 Å². The Labute approximate surface area is 183 Å². The molecule has 5 rings (SSSR count). The second-order valence-corrected chi connectivity index (χ2v) is 8.76. The number of rotatable bonds is 5. The number of hydrogen-bond donors (Lipinski definition) is 0. The van der Waals surface area contributed by atoms with E-state index in [0.717, 1.165) is 5.56 Å². The van der Waals surface area contributed by atoms with E-state index in [1.807, 2.05) is 53.4 Å². The highest BCUT2D eigenvalue weighted by Crippen LogP contribution is 2.51. The summed E-state index contributed by atoms with van der Waals surface area (Å²) in [4.78, 5) is 15.7. The molecule has 0 radical (unpaired) electrons. The molecule has 2 saturated heterocycles. The van der Waals surface area contributed by atoms with Crippen LogP contribution in [0.25, 0.3) is 0 Å². The van der Waals surface area contributed by atoms with Gasteiger partial charge < -0.3 is 19.1 Å². The van der Waals surface area contributed by atoms with Gasteiger partial charge in [-0.25, -0.2) is 0 Å². The van der Waals surface area contributed by atoms with E-state index in [0.29, 0.717) is 25.4 Å². The molecule has 1 amide bonds. The first-order valence-corrected chi connectivity index (χ1v) is 11.1. The Hall–Kier alpha value is -2.47. The van der Waals surface area contributed by atoms with Crippen molar-refractivity contribution in [1.29, 1.82) is 0 Å². The lowest BCUT2D eigenvalue weighted by atomic mass is 9.72. The lowest BCUT2D eigenvalue weighted by Crippen LogP contribution is -2.69. The zero-order chi connectivity index (χ0) is 21.4. The molecule has 0 aromatic heterocycles. The fourth-order valence-corrected chi connectivity index (χ4v) is 5.50. The minimum Gasteiger partial charge on any atom is -0.373 e. The van der Waals surface area contributed by atoms with E-state index in [1.165, 1.54) is 0 Å². The third-order valence-electron chi connectivity index (χ3n) is 7.08. The number of nitrogens with zero attached hydrogens (tertiary/aromatic N) is 1. The van der Waals surface area contributed by atoms with Crippen LogP contribution in [-0.4, -0.2) is 48.0 Å². The molecule has 3 aliphatic heterocycles. The first-order valence-electron chi connectivity index (χ1n) is 11.1. The number of carbonyl (C=O) groups excluding carboxylic acids is 1. The highest BCUT2D eigenvalue weighted by molar-refractivity contribution is 5.96. The molecule has 5 nitrogen and oxygen atoms in total. The minimum atomic E-state index is -0.693. The number of fused-ring (bicyclic) bond motifs is 2. The van der Waals surface area contributed by atoms with Gasteiger partial charge >= 0.3 is 0 Å². The number of amides is 1. The van der Waals surface area contributed by atoms with Crippen LogP contribution in [0.4, 0.5) is 0 Å². The molecule has 0 N–H and O–H groups in total. The van der Waals surface area contributed by atoms with Crippen molar-refractivity contribution in [2.45, 2.75) is 44.4 Å². The van der Waals surface area contributed by atoms with Crippen LogP contribution in [0, 0.1) is 11.8 Å². The number of carbonyl (C=O) groups is 1. The Kier molecular flexibility index (Phi) is 5.42. The topological polar surface area (TPSA) is 48.0 Å². The Bertz CT molecular complexity index is 940. The maximum absolute atomic E-state index is 13.7. The van der Waals surface area contributed by atoms with Gasteiger partial charge in [-0.3, -0.25) is 4.79 Å². The Morgan fingerprint density at radius 2 is 1.68 bits per heavy atom. The van der Waals surface area contributed by atoms with E-state index >= 15 is 0 Å². The molecule has 31 heavy (non-hydrogen) atoms. The van der Waals surface area contributed by atoms with Crippen molar-refractivity contribution in [3.63, 3.8) is 0 Å². The first kappa shape index (κ1) is 20.4. The van der Waals surface area contributed by atoms with Gasteiger partial charge in [0.25, 0.3) is 5.91 Å². The monoisotopic (exact) mass is 419 g/mol. The minimum absolute atomic E-state index is 0.00280. The van der Waals surface area contributed by atoms with E-state index in [-0.39, 0.29) is 29.9 Å². The Morgan fingerprint density at radius 1 is 1.03 bits per heavy atom. The predicted molar refractivity (Wildman–Crippen MR) is 117 cm³/mol. The Balaban J connectivity index is 1.49. The first-order chi connectivity index (χ1) is 15.1. The van der Waals surface area contributed by atoms with Crippen LogP contribution in [0.1, 0.15) is 29.8 Å². The van der Waals surface area contributed by atoms with Gasteiger partial charge in [-0.05, 0) is 17.7 Å². The van der Waals surface area contributed by atoms with E-state index in [1.54, 1.807) is 0 Å². The maximum atomic E-state index is 13.7. The number of hydrogen-bond acceptors (Lipinski definition) is 4. The fraction of sp³-hybridized carbons (Fsp3) is 0.423. The molecular formula is C26H29NO4. The smallest absolute Gasteiger partial charge is 0.255 e. The Morgan fingerprint density at radius 3 is 2.35 bits per heavy atom. The van der Waals surface area contributed by atoms with Gasteiger partial charge in [0.2, 0.25) is 0 Å². The lowest BCUT2D eigenvalue weighted by Gasteiger charge is -2.55. The van der Waals surface area contributed by atoms with Gasteiger partial charge in [0.05, 0.1) is 32.0 Å². The molecular weight excluding hydrogens is 390 g/mol. The molecule has 5 heteroatoms. The van der Waals surface area contributed by atoms with E-state index < -0.39 is 11.8 Å². The van der Waals surface area contributed by atoms with E-state index in [9.17, 15) is 4.79 Å². The molecule has 162 valence electrons. The summed E-state index contributed by atoms with van der Waals surface area (Å²) >= 11 is 0. The molecule has 3 aliphatic rings. The van der Waals surface area contributed by atoms with Crippen LogP contribution in [-0.2, 0) is 20.8 Å². The van der Waals surface area contributed by atoms with Crippen molar-refractivity contribution in [2.24, 2.45) is 11.8 Å². The lowest BCUT2D eigenvalue weighted by molar-refractivity contribution is -0.193. The number of piperidine rings is 1. The predicted octanol–water partition coefficient (Wildman–Crippen LogP) is 4.05. The van der Waals surface area contributed by atoms with Gasteiger partial charge in [-0.2, -0.15) is 0 Å². The second kappa shape index (κ2) is 8.23. The van der Waals surface area contributed by atoms with E-state index in [4.69, 9.17) is 14.2 Å². The highest BCUT2D eigenvalue weighted by Gasteiger charge is 2.63. The van der Waals surface area contributed by atoms with Gasteiger partial charge in [0.15, 0.2) is 6.29 Å². The molecule has 0 saturated carbocycles. The number of ether oxygens (including phenoxy) is 3. The average Bonchev–Trinajstić information content (AvgIpc) is 3.46. The summed E-state index contributed by atoms with van der Waals surface area (Å²) in [5.41, 5.74) is 1.14. The molecule has 5 atom stereocenters. The third kappa shape index (κ3) is 3.32. The summed E-state index contributed by atoms with van der Waals surface area (Å²) in [6, 6.07) is 19.6. The standard InChI is InChI=1S/C26H29NO4/c1-18-22-13-14-26(25-29-15-16-30-25,27(22)24(28)21-11-7-4-8-12-21)19(2)23(18)31-17-20-9-5-3-6-10-20/h3-14,18-19,22-23,25H,15-17H2,1-2H3/t18-,19-,22+,23-,26-/m0/s1. The average molecular weight is 420 g/mol. The molecule has 2 bridgehead atoms. The SMILES string of the molecule is C[C@@H]1[C@H](OCc2ccccc2)[C@H](C)[C@]2(C3OCCO3)C=C[C@H]1N2C(=O)c1ccccc1. The zero-order valence-electron chi connectivity index (χ0n) is 18.0. The highest BCUT2D eigenvalue weighted by atomic mass is 16.7. The van der Waals surface area contributed by atoms with Crippen molar-refractivity contribution in [3.05, 3.63) is 83.9 Å². The molecule has 0 spiro atoms. The quantitative estimate of drug-likeness (QED) is 0.686. The van der Waals surface area contributed by atoms with Crippen LogP contribution in [0.15, 0.2) is 72.8 Å². The largest absolute Gasteiger partial charge is 0.373 e. The summed E-state index contributed by atoms with van der Waals surface area (Å²) in [6.45, 7) is 5.96. The number of benzene rings is 2. The molecule has 3 heterocycles. The zero-order valence-corrected chi connectivity index (χ0v) is 18.0. The summed E-state index contributed by atoms with van der Waals surface area (Å²) in [6.07, 6.45) is 3.76. The second-order valence-electron chi connectivity index (χ2n) is 8.76. The van der Waals surface area contributed by atoms with Crippen LogP contribution < -0.4 is 0 Å². The van der Waals surface area contributed by atoms with Crippen LogP contribution in [0.5, 0.6) is 0 Å². The maximum Gasteiger partial charge on any atom is 0.255 e. The molecule has 2 aromatic carbocycles. The van der Waals surface area contributed by atoms with Crippen molar-refractivity contribution in [2.75, 3.05) is 13.2 Å². The van der Waals surface area contributed by atoms with Crippen LogP contribution >= 0.6 is 0 Å². The van der Waals surface area contributed by atoms with E-state index in [2.05, 4.69) is 38.1 Å². The van der Waals surface area contributed by atoms with Gasteiger partial charge in [-0.15, -0.1) is 0 Å². The van der Waals surface area contributed by atoms with Crippen LogP contribution in [0.2, 0.25) is 0 Å². The van der Waals surface area contributed by atoms with Crippen molar-refractivity contribution < 1.29 is 19.0 Å². The van der Waals surface area contributed by atoms with Crippen molar-refractivity contribution >= 4 is 5.91 Å². The summed E-state index contributed by atoms with van der Waals surface area (Å²) in [7, 11) is 0. The van der Waals surface area contributed by atoms with Gasteiger partial charge in [0, 0.05) is 17.4 Å². The fourth-order valence-electron chi connectivity index (χ4n) is 5.50. The summed E-state index contributed by atoms with van der Waals surface area (Å²) < 4.78 is 18.6. The van der Waals surface area contributed by atoms with Gasteiger partial charge in [-0.1, -0.05) is 74.5 Å². The molecule has 0 aliphatic carbocycles. The van der Waals surface area contributed by atoms with Gasteiger partial charge in [0.1, 0.15) is 5.54 Å². The molecule has 2 aromatic rings. The summed E-state index contributed by atoms with van der Waals surface area (Å²) in [5, 5.41) is 0.